The Labute approximate surface area is 237 Å². The van der Waals surface area contributed by atoms with Crippen molar-refractivity contribution < 1.29 is 23.2 Å². The van der Waals surface area contributed by atoms with Gasteiger partial charge in [0.2, 0.25) is 5.70 Å². The van der Waals surface area contributed by atoms with Crippen LogP contribution in [-0.2, 0) is 14.4 Å². The van der Waals surface area contributed by atoms with Gasteiger partial charge in [-0.3, -0.25) is 9.59 Å². The van der Waals surface area contributed by atoms with E-state index in [1.165, 1.54) is 0 Å². The smallest absolute Gasteiger partial charge is 0.321 e. The monoisotopic (exact) mass is 554 g/mol. The van der Waals surface area contributed by atoms with Crippen LogP contribution in [0.5, 0.6) is 0 Å². The van der Waals surface area contributed by atoms with Crippen LogP contribution in [0, 0.1) is 57.8 Å². The second kappa shape index (κ2) is 8.58. The number of alkyl halides is 2. The van der Waals surface area contributed by atoms with Crippen molar-refractivity contribution >= 4 is 17.5 Å². The van der Waals surface area contributed by atoms with Gasteiger partial charge in [0.15, 0.2) is 11.6 Å². The predicted molar refractivity (Wildman–Crippen MR) is 149 cm³/mol. The van der Waals surface area contributed by atoms with E-state index in [9.17, 15) is 23.2 Å². The molecule has 1 amide bonds. The number of ketones is 2. The van der Waals surface area contributed by atoms with Crippen LogP contribution < -0.4 is 5.32 Å². The zero-order valence-corrected chi connectivity index (χ0v) is 25.2. The Morgan fingerprint density at radius 2 is 1.70 bits per heavy atom. The third-order valence-corrected chi connectivity index (χ3v) is 13.0. The maximum absolute atomic E-state index is 14.5. The highest BCUT2D eigenvalue weighted by molar-refractivity contribution is 6.03. The molecule has 0 saturated heterocycles. The lowest BCUT2D eigenvalue weighted by Gasteiger charge is -2.69. The Morgan fingerprint density at radius 3 is 2.30 bits per heavy atom. The average molecular weight is 555 g/mol. The molecule has 0 aliphatic heterocycles. The van der Waals surface area contributed by atoms with Crippen molar-refractivity contribution in [3.05, 3.63) is 34.8 Å². The van der Waals surface area contributed by atoms with Gasteiger partial charge in [-0.05, 0) is 79.1 Å². The highest BCUT2D eigenvalue weighted by Gasteiger charge is 2.70. The van der Waals surface area contributed by atoms with Gasteiger partial charge in [-0.15, -0.1) is 0 Å². The number of nitrogens with one attached hydrogen (secondary N) is 1. The van der Waals surface area contributed by atoms with Crippen molar-refractivity contribution in [2.75, 3.05) is 0 Å². The molecule has 7 heteroatoms. The Morgan fingerprint density at radius 1 is 1.05 bits per heavy atom. The van der Waals surface area contributed by atoms with Crippen LogP contribution >= 0.6 is 0 Å². The van der Waals surface area contributed by atoms with Crippen molar-refractivity contribution in [1.29, 1.82) is 0 Å². The number of nitrogens with zero attached hydrogens (tertiary/aromatic N) is 1. The van der Waals surface area contributed by atoms with Gasteiger partial charge in [-0.2, -0.15) is 8.78 Å². The summed E-state index contributed by atoms with van der Waals surface area (Å²) in [4.78, 5) is 44.0. The summed E-state index contributed by atoms with van der Waals surface area (Å²) in [5.74, 6) is -5.22. The summed E-state index contributed by atoms with van der Waals surface area (Å²) in [5.41, 5.74) is -1.88. The van der Waals surface area contributed by atoms with Crippen LogP contribution in [0.25, 0.3) is 4.85 Å². The molecular formula is C33H44F2N2O3. The number of carbonyl (C=O) groups excluding carboxylic acids is 3. The molecule has 5 rings (SSSR count). The molecule has 0 heterocycles. The lowest BCUT2D eigenvalue weighted by Crippen LogP contribution is -2.71. The Hall–Kier alpha value is -2.36. The van der Waals surface area contributed by atoms with Gasteiger partial charge in [-0.25, -0.2) is 4.85 Å². The molecule has 3 fully saturated rings. The van der Waals surface area contributed by atoms with E-state index in [4.69, 9.17) is 6.57 Å². The highest BCUT2D eigenvalue weighted by atomic mass is 19.3. The Balaban J connectivity index is 1.68. The molecule has 0 radical (unpaired) electrons. The minimum absolute atomic E-state index is 0.00292. The summed E-state index contributed by atoms with van der Waals surface area (Å²) < 4.78 is 28.4. The average Bonchev–Trinajstić information content (AvgIpc) is 2.85. The van der Waals surface area contributed by atoms with Crippen LogP contribution in [0.2, 0.25) is 0 Å². The third-order valence-electron chi connectivity index (χ3n) is 13.0. The number of Topliss-reactive ketones (excluding diaryl/α,β-unsaturated/α-hetero) is 1. The number of amides is 1. The fourth-order valence-corrected chi connectivity index (χ4v) is 10.4. The molecule has 0 bridgehead atoms. The molecule has 1 N–H and O–H groups in total. The van der Waals surface area contributed by atoms with E-state index >= 15 is 0 Å². The predicted octanol–water partition coefficient (Wildman–Crippen LogP) is 6.94. The largest absolute Gasteiger partial charge is 0.345 e. The zero-order valence-electron chi connectivity index (χ0n) is 25.2. The molecule has 218 valence electrons. The molecule has 3 saturated carbocycles. The van der Waals surface area contributed by atoms with E-state index in [2.05, 4.69) is 44.8 Å². The number of hydrogen-bond donors (Lipinski definition) is 1. The fraction of sp³-hybridized carbons (Fsp3) is 0.758. The minimum atomic E-state index is -3.49. The molecule has 0 aromatic carbocycles. The van der Waals surface area contributed by atoms with Gasteiger partial charge < -0.3 is 10.1 Å². The number of fused-ring (bicyclic) bond motifs is 7. The van der Waals surface area contributed by atoms with Crippen molar-refractivity contribution in [3.8, 4) is 0 Å². The number of hydrogen-bond acceptors (Lipinski definition) is 3. The van der Waals surface area contributed by atoms with E-state index < -0.39 is 39.5 Å². The first-order valence-electron chi connectivity index (χ1n) is 14.9. The first kappa shape index (κ1) is 29.1. The van der Waals surface area contributed by atoms with E-state index in [0.29, 0.717) is 32.1 Å². The van der Waals surface area contributed by atoms with Gasteiger partial charge in [0.05, 0.1) is 6.57 Å². The van der Waals surface area contributed by atoms with Gasteiger partial charge in [0.1, 0.15) is 0 Å². The number of halogens is 2. The van der Waals surface area contributed by atoms with E-state index in [1.807, 2.05) is 19.9 Å². The van der Waals surface area contributed by atoms with Crippen LogP contribution in [-0.4, -0.2) is 28.9 Å². The van der Waals surface area contributed by atoms with Crippen molar-refractivity contribution in [2.45, 2.75) is 105 Å². The minimum Gasteiger partial charge on any atom is -0.345 e. The second-order valence-corrected chi connectivity index (χ2v) is 15.2. The summed E-state index contributed by atoms with van der Waals surface area (Å²) in [6.45, 7) is 23.1. The van der Waals surface area contributed by atoms with Gasteiger partial charge in [0, 0.05) is 29.2 Å². The molecule has 5 aliphatic carbocycles. The van der Waals surface area contributed by atoms with E-state index in [0.717, 1.165) is 24.8 Å². The maximum atomic E-state index is 14.5. The van der Waals surface area contributed by atoms with E-state index in [1.54, 1.807) is 6.08 Å². The lowest BCUT2D eigenvalue weighted by atomic mass is 9.35. The van der Waals surface area contributed by atoms with E-state index in [-0.39, 0.29) is 40.4 Å². The zero-order chi connectivity index (χ0) is 29.8. The summed E-state index contributed by atoms with van der Waals surface area (Å²) in [6.07, 6.45) is 7.82. The molecule has 5 nitrogen and oxygen atoms in total. The number of carbonyl (C=O) groups is 3. The fourth-order valence-electron chi connectivity index (χ4n) is 10.4. The first-order chi connectivity index (χ1) is 18.3. The summed E-state index contributed by atoms with van der Waals surface area (Å²) >= 11 is 0. The first-order valence-corrected chi connectivity index (χ1v) is 14.9. The van der Waals surface area contributed by atoms with Crippen molar-refractivity contribution in [3.63, 3.8) is 0 Å². The van der Waals surface area contributed by atoms with Crippen molar-refractivity contribution in [1.82, 2.24) is 5.32 Å². The molecule has 0 aromatic rings. The Bertz CT molecular complexity index is 1290. The topological polar surface area (TPSA) is 67.6 Å². The lowest BCUT2D eigenvalue weighted by molar-refractivity contribution is -0.172. The van der Waals surface area contributed by atoms with Crippen LogP contribution in [0.1, 0.15) is 93.9 Å². The van der Waals surface area contributed by atoms with Crippen LogP contribution in [0.4, 0.5) is 8.78 Å². The van der Waals surface area contributed by atoms with Gasteiger partial charge >= 0.3 is 5.92 Å². The standard InChI is InChI=1S/C33H44F2N2O3/c1-18-10-13-33(37-27(40)32(8,34)35)15-14-31(7)25(24(33)19(18)2)21(38)16-23-29(5)17-20(36-9)26(39)28(3,4)22(29)11-12-30(23,31)6/h16-19,22,24-25H,10-15H2,1-8H3,(H,37,40)/t18-,19+,22+,24+,25-,29+,30-,31-,33+/m1/s1. The molecule has 0 aromatic heterocycles. The summed E-state index contributed by atoms with van der Waals surface area (Å²) in [5, 5.41) is 2.82. The molecular weight excluding hydrogens is 510 g/mol. The maximum Gasteiger partial charge on any atom is 0.321 e. The highest BCUT2D eigenvalue weighted by Crippen LogP contribution is 2.73. The van der Waals surface area contributed by atoms with Crippen molar-refractivity contribution in [2.24, 2.45) is 51.2 Å². The molecule has 5 aliphatic rings. The Kier molecular flexibility index (Phi) is 6.25. The van der Waals surface area contributed by atoms with Gasteiger partial charge in [0.25, 0.3) is 5.91 Å². The van der Waals surface area contributed by atoms with Crippen LogP contribution in [0.15, 0.2) is 23.4 Å². The summed E-state index contributed by atoms with van der Waals surface area (Å²) in [7, 11) is 0. The van der Waals surface area contributed by atoms with Gasteiger partial charge in [-0.1, -0.05) is 60.1 Å². The molecule has 0 spiro atoms. The normalized spacial score (nSPS) is 46.0. The number of rotatable bonds is 2. The molecule has 40 heavy (non-hydrogen) atoms. The van der Waals surface area contributed by atoms with Crippen LogP contribution in [0.3, 0.4) is 0 Å². The number of allylic oxidation sites excluding steroid dienone is 4. The molecule has 0 unspecified atom stereocenters. The molecule has 9 atom stereocenters. The third kappa shape index (κ3) is 3.56. The summed E-state index contributed by atoms with van der Waals surface area (Å²) in [6, 6.07) is 0. The quantitative estimate of drug-likeness (QED) is 0.376. The second-order valence-electron chi connectivity index (χ2n) is 15.2. The SMILES string of the molecule is [C-]#[N+]C1=C[C@]2(C)C3=CC(=O)[C@@H]4[C@@H]5[C@@H](C)[C@H](C)CC[C@]5(NC(=O)C(C)(F)F)CC[C@@]4(C)[C@]3(C)CC[C@H]2C(C)(C)C1=O.